The van der Waals surface area contributed by atoms with E-state index in [0.29, 0.717) is 11.1 Å². The van der Waals surface area contributed by atoms with Crippen molar-refractivity contribution in [3.8, 4) is 0 Å². The maximum Gasteiger partial charge on any atom is 0.251 e. The lowest BCUT2D eigenvalue weighted by atomic mass is 9.68. The highest BCUT2D eigenvalue weighted by Crippen LogP contribution is 2.36. The van der Waals surface area contributed by atoms with Gasteiger partial charge >= 0.3 is 0 Å². The third kappa shape index (κ3) is 3.63. The number of nitrogens with two attached hydrogens (primary N) is 1. The largest absolute Gasteiger partial charge is 0.366 e. The first-order valence-electron chi connectivity index (χ1n) is 9.00. The molecule has 1 heterocycles. The Balaban J connectivity index is 1.80. The minimum absolute atomic E-state index is 0.0182. The molecular weight excluding hydrogens is 326 g/mol. The summed E-state index contributed by atoms with van der Waals surface area (Å²) >= 11 is 0. The molecule has 0 aromatic heterocycles. The number of primary amides is 1. The molecule has 1 unspecified atom stereocenters. The van der Waals surface area contributed by atoms with Gasteiger partial charge in [-0.15, -0.1) is 0 Å². The second-order valence-electron chi connectivity index (χ2n) is 6.91. The van der Waals surface area contributed by atoms with Crippen LogP contribution in [0.3, 0.4) is 0 Å². The number of rotatable bonds is 5. The Bertz CT molecular complexity index is 766. The van der Waals surface area contributed by atoms with E-state index in [1.165, 1.54) is 5.56 Å². The number of piperidine rings is 1. The van der Waals surface area contributed by atoms with Crippen LogP contribution in [0.1, 0.15) is 46.0 Å². The Morgan fingerprint density at radius 1 is 1.00 bits per heavy atom. The van der Waals surface area contributed by atoms with Gasteiger partial charge in [-0.25, -0.2) is 0 Å². The second kappa shape index (κ2) is 7.70. The standard InChI is InChI=1S/C21H25N3O2/c1-15(24-20(26)17-9-7-16(8-10-17)19(22)25)21(11-13-23-14-12-21)18-5-3-2-4-6-18/h2-10,15,23H,11-14H2,1H3,(H2,22,25)(H,24,26). The molecule has 1 aliphatic heterocycles. The highest BCUT2D eigenvalue weighted by molar-refractivity contribution is 5.97. The summed E-state index contributed by atoms with van der Waals surface area (Å²) in [5.41, 5.74) is 7.35. The monoisotopic (exact) mass is 351 g/mol. The van der Waals surface area contributed by atoms with Crippen LogP contribution in [0.2, 0.25) is 0 Å². The fraction of sp³-hybridized carbons (Fsp3) is 0.333. The highest BCUT2D eigenvalue weighted by Gasteiger charge is 2.39. The third-order valence-corrected chi connectivity index (χ3v) is 5.45. The van der Waals surface area contributed by atoms with Gasteiger partial charge in [-0.2, -0.15) is 0 Å². The molecule has 2 amide bonds. The van der Waals surface area contributed by atoms with Gasteiger partial charge in [0.05, 0.1) is 0 Å². The molecule has 4 N–H and O–H groups in total. The number of carbonyl (C=O) groups excluding carboxylic acids is 2. The van der Waals surface area contributed by atoms with Crippen LogP contribution in [-0.2, 0) is 5.41 Å². The number of benzene rings is 2. The van der Waals surface area contributed by atoms with Gasteiger partial charge in [-0.3, -0.25) is 9.59 Å². The van der Waals surface area contributed by atoms with Gasteiger partial charge in [-0.1, -0.05) is 30.3 Å². The van der Waals surface area contributed by atoms with Crippen LogP contribution in [0.4, 0.5) is 0 Å². The summed E-state index contributed by atoms with van der Waals surface area (Å²) in [5, 5.41) is 6.58. The molecule has 0 saturated carbocycles. The van der Waals surface area contributed by atoms with E-state index >= 15 is 0 Å². The van der Waals surface area contributed by atoms with Gasteiger partial charge in [-0.05, 0) is 62.7 Å². The predicted octanol–water partition coefficient (Wildman–Crippen LogP) is 2.23. The highest BCUT2D eigenvalue weighted by atomic mass is 16.2. The van der Waals surface area contributed by atoms with Crippen molar-refractivity contribution in [3.05, 3.63) is 71.3 Å². The number of hydrogen-bond acceptors (Lipinski definition) is 3. The van der Waals surface area contributed by atoms with Crippen LogP contribution in [0.25, 0.3) is 0 Å². The van der Waals surface area contributed by atoms with Gasteiger partial charge in [0, 0.05) is 22.6 Å². The zero-order valence-corrected chi connectivity index (χ0v) is 15.0. The molecule has 0 aliphatic carbocycles. The Morgan fingerprint density at radius 2 is 1.58 bits per heavy atom. The summed E-state index contributed by atoms with van der Waals surface area (Å²) in [7, 11) is 0. The number of amides is 2. The quantitative estimate of drug-likeness (QED) is 0.772. The lowest BCUT2D eigenvalue weighted by molar-refractivity contribution is 0.0905. The molecule has 1 atom stereocenters. The maximum atomic E-state index is 12.7. The smallest absolute Gasteiger partial charge is 0.251 e. The molecule has 1 aliphatic rings. The molecule has 0 spiro atoms. The summed E-state index contributed by atoms with van der Waals surface area (Å²) in [4.78, 5) is 23.9. The molecule has 5 heteroatoms. The summed E-state index contributed by atoms with van der Waals surface area (Å²) < 4.78 is 0. The van der Waals surface area contributed by atoms with Crippen molar-refractivity contribution in [1.82, 2.24) is 10.6 Å². The van der Waals surface area contributed by atoms with Crippen LogP contribution >= 0.6 is 0 Å². The van der Waals surface area contributed by atoms with Gasteiger partial charge in [0.25, 0.3) is 5.91 Å². The number of carbonyl (C=O) groups is 2. The summed E-state index contributed by atoms with van der Waals surface area (Å²) in [6.07, 6.45) is 1.94. The molecule has 0 radical (unpaired) electrons. The van der Waals surface area contributed by atoms with Gasteiger partial charge in [0.15, 0.2) is 0 Å². The van der Waals surface area contributed by atoms with E-state index in [0.717, 1.165) is 25.9 Å². The van der Waals surface area contributed by atoms with E-state index < -0.39 is 5.91 Å². The Kier molecular flexibility index (Phi) is 5.38. The Morgan fingerprint density at radius 3 is 2.15 bits per heavy atom. The van der Waals surface area contributed by atoms with Crippen molar-refractivity contribution in [2.45, 2.75) is 31.2 Å². The summed E-state index contributed by atoms with van der Waals surface area (Å²) in [6, 6.07) is 16.8. The van der Waals surface area contributed by atoms with E-state index in [9.17, 15) is 9.59 Å². The normalized spacial score (nSPS) is 17.3. The molecule has 2 aromatic carbocycles. The third-order valence-electron chi connectivity index (χ3n) is 5.45. The van der Waals surface area contributed by atoms with Crippen LogP contribution in [0.15, 0.2) is 54.6 Å². The van der Waals surface area contributed by atoms with Crippen molar-refractivity contribution in [2.24, 2.45) is 5.73 Å². The maximum absolute atomic E-state index is 12.7. The average Bonchev–Trinajstić information content (AvgIpc) is 2.69. The van der Waals surface area contributed by atoms with Crippen LogP contribution in [0.5, 0.6) is 0 Å². The minimum Gasteiger partial charge on any atom is -0.366 e. The summed E-state index contributed by atoms with van der Waals surface area (Å²) in [5.74, 6) is -0.634. The minimum atomic E-state index is -0.497. The fourth-order valence-corrected chi connectivity index (χ4v) is 3.82. The predicted molar refractivity (Wildman–Crippen MR) is 102 cm³/mol. The van der Waals surface area contributed by atoms with Crippen LogP contribution in [-0.4, -0.2) is 30.9 Å². The summed E-state index contributed by atoms with van der Waals surface area (Å²) in [6.45, 7) is 3.94. The van der Waals surface area contributed by atoms with Crippen molar-refractivity contribution in [3.63, 3.8) is 0 Å². The Hall–Kier alpha value is -2.66. The first kappa shape index (κ1) is 18.1. The number of nitrogens with one attached hydrogen (secondary N) is 2. The van der Waals surface area contributed by atoms with E-state index in [1.54, 1.807) is 24.3 Å². The van der Waals surface area contributed by atoms with Crippen molar-refractivity contribution in [1.29, 1.82) is 0 Å². The Labute approximate surface area is 154 Å². The molecular formula is C21H25N3O2. The molecule has 0 bridgehead atoms. The lowest BCUT2D eigenvalue weighted by Gasteiger charge is -2.43. The molecule has 136 valence electrons. The van der Waals surface area contributed by atoms with Crippen molar-refractivity contribution < 1.29 is 9.59 Å². The molecule has 5 nitrogen and oxygen atoms in total. The molecule has 2 aromatic rings. The topological polar surface area (TPSA) is 84.2 Å². The fourth-order valence-electron chi connectivity index (χ4n) is 3.82. The SMILES string of the molecule is CC(NC(=O)c1ccc(C(N)=O)cc1)C1(c2ccccc2)CCNCC1. The second-order valence-corrected chi connectivity index (χ2v) is 6.91. The van der Waals surface area contributed by atoms with Gasteiger partial charge in [0.2, 0.25) is 5.91 Å². The van der Waals surface area contributed by atoms with Crippen LogP contribution < -0.4 is 16.4 Å². The lowest BCUT2D eigenvalue weighted by Crippen LogP contribution is -2.53. The van der Waals surface area contributed by atoms with Crippen molar-refractivity contribution in [2.75, 3.05) is 13.1 Å². The zero-order valence-electron chi connectivity index (χ0n) is 15.0. The zero-order chi connectivity index (χ0) is 18.6. The molecule has 26 heavy (non-hydrogen) atoms. The molecule has 1 saturated heterocycles. The molecule has 1 fully saturated rings. The first-order valence-corrected chi connectivity index (χ1v) is 9.00. The van der Waals surface area contributed by atoms with Gasteiger partial charge < -0.3 is 16.4 Å². The van der Waals surface area contributed by atoms with Crippen molar-refractivity contribution >= 4 is 11.8 Å². The van der Waals surface area contributed by atoms with E-state index in [-0.39, 0.29) is 17.4 Å². The van der Waals surface area contributed by atoms with E-state index in [4.69, 9.17) is 5.73 Å². The average molecular weight is 351 g/mol. The number of hydrogen-bond donors (Lipinski definition) is 3. The van der Waals surface area contributed by atoms with Crippen LogP contribution in [0, 0.1) is 0 Å². The van der Waals surface area contributed by atoms with Gasteiger partial charge in [0.1, 0.15) is 0 Å². The van der Waals surface area contributed by atoms with E-state index in [1.807, 2.05) is 6.07 Å². The first-order chi connectivity index (χ1) is 12.5. The molecule has 3 rings (SSSR count). The van der Waals surface area contributed by atoms with E-state index in [2.05, 4.69) is 41.8 Å².